The Morgan fingerprint density at radius 2 is 1.69 bits per heavy atom. The normalized spacial score (nSPS) is 36.2. The van der Waals surface area contributed by atoms with E-state index in [2.05, 4.69) is 36.4 Å². The second-order valence-corrected chi connectivity index (χ2v) is 4.90. The van der Waals surface area contributed by atoms with E-state index in [4.69, 9.17) is 0 Å². The van der Waals surface area contributed by atoms with Crippen molar-refractivity contribution in [1.29, 1.82) is 5.26 Å². The second-order valence-electron chi connectivity index (χ2n) is 4.90. The highest BCUT2D eigenvalue weighted by molar-refractivity contribution is 5.56. The number of hydrogen-bond acceptors (Lipinski definition) is 1. The van der Waals surface area contributed by atoms with Crippen LogP contribution in [-0.2, 0) is 0 Å². The van der Waals surface area contributed by atoms with Gasteiger partial charge < -0.3 is 0 Å². The summed E-state index contributed by atoms with van der Waals surface area (Å²) in [6, 6.07) is 8.50. The van der Waals surface area contributed by atoms with Crippen molar-refractivity contribution in [3.63, 3.8) is 0 Å². The lowest BCUT2D eigenvalue weighted by molar-refractivity contribution is 0.316. The molecular formula is C15H11N. The Balaban J connectivity index is 2.02. The summed E-state index contributed by atoms with van der Waals surface area (Å²) >= 11 is 0. The number of benzene rings is 1. The van der Waals surface area contributed by atoms with E-state index in [1.807, 2.05) is 12.1 Å². The summed E-state index contributed by atoms with van der Waals surface area (Å²) in [5.74, 6) is 2.31. The zero-order valence-electron chi connectivity index (χ0n) is 8.80. The van der Waals surface area contributed by atoms with Gasteiger partial charge in [-0.05, 0) is 29.0 Å². The Morgan fingerprint density at radius 3 is 2.44 bits per heavy atom. The van der Waals surface area contributed by atoms with Crippen LogP contribution in [0.4, 0.5) is 0 Å². The molecule has 0 saturated heterocycles. The van der Waals surface area contributed by atoms with Crippen LogP contribution in [0.15, 0.2) is 42.5 Å². The number of allylic oxidation sites excluding steroid dienone is 4. The van der Waals surface area contributed by atoms with Crippen LogP contribution in [-0.4, -0.2) is 0 Å². The van der Waals surface area contributed by atoms with Crippen molar-refractivity contribution in [3.8, 4) is 6.07 Å². The number of nitriles is 1. The Labute approximate surface area is 94.7 Å². The zero-order valence-corrected chi connectivity index (χ0v) is 8.80. The first-order chi connectivity index (χ1) is 7.90. The van der Waals surface area contributed by atoms with E-state index in [1.165, 1.54) is 11.1 Å². The molecule has 0 fully saturated rings. The molecule has 2 bridgehead atoms. The molecule has 4 unspecified atom stereocenters. The highest BCUT2D eigenvalue weighted by Gasteiger charge is 2.45. The predicted molar refractivity (Wildman–Crippen MR) is 61.9 cm³/mol. The molecule has 0 spiro atoms. The van der Waals surface area contributed by atoms with Gasteiger partial charge in [0.15, 0.2) is 0 Å². The van der Waals surface area contributed by atoms with Crippen LogP contribution >= 0.6 is 0 Å². The average molecular weight is 205 g/mol. The third-order valence-corrected chi connectivity index (χ3v) is 4.31. The van der Waals surface area contributed by atoms with Gasteiger partial charge >= 0.3 is 0 Å². The van der Waals surface area contributed by atoms with Crippen LogP contribution in [0.1, 0.15) is 28.5 Å². The van der Waals surface area contributed by atoms with E-state index in [0.29, 0.717) is 23.7 Å². The van der Waals surface area contributed by atoms with Crippen molar-refractivity contribution >= 4 is 0 Å². The molecule has 1 aromatic rings. The maximum atomic E-state index is 9.20. The van der Waals surface area contributed by atoms with Gasteiger partial charge in [-0.15, -0.1) is 0 Å². The van der Waals surface area contributed by atoms with Crippen molar-refractivity contribution in [2.45, 2.75) is 11.8 Å². The molecule has 0 saturated carbocycles. The largest absolute Gasteiger partial charge is 0.192 e. The zero-order chi connectivity index (χ0) is 10.7. The minimum atomic E-state index is 0.450. The fraction of sp³-hybridized carbons (Fsp3) is 0.267. The predicted octanol–water partition coefficient (Wildman–Crippen LogP) is 3.11. The monoisotopic (exact) mass is 205 g/mol. The molecule has 4 aliphatic rings. The summed E-state index contributed by atoms with van der Waals surface area (Å²) in [5.41, 5.74) is 3.55. The second kappa shape index (κ2) is 2.65. The Kier molecular flexibility index (Phi) is 1.38. The first kappa shape index (κ1) is 8.35. The fourth-order valence-electron chi connectivity index (χ4n) is 3.52. The van der Waals surface area contributed by atoms with E-state index in [9.17, 15) is 5.26 Å². The summed E-state index contributed by atoms with van der Waals surface area (Å²) < 4.78 is 0. The third-order valence-electron chi connectivity index (χ3n) is 4.31. The molecule has 4 aliphatic carbocycles. The molecule has 0 amide bonds. The molecular weight excluding hydrogens is 194 g/mol. The van der Waals surface area contributed by atoms with E-state index >= 15 is 0 Å². The topological polar surface area (TPSA) is 23.8 Å². The number of rotatable bonds is 0. The summed E-state index contributed by atoms with van der Waals surface area (Å²) in [7, 11) is 0. The first-order valence-corrected chi connectivity index (χ1v) is 5.79. The maximum absolute atomic E-state index is 9.20. The van der Waals surface area contributed by atoms with Crippen LogP contribution < -0.4 is 0 Å². The van der Waals surface area contributed by atoms with E-state index < -0.39 is 0 Å². The molecule has 0 heterocycles. The lowest BCUT2D eigenvalue weighted by atomic mass is 9.55. The lowest BCUT2D eigenvalue weighted by Gasteiger charge is -2.48. The number of nitrogens with zero attached hydrogens (tertiary/aromatic N) is 1. The van der Waals surface area contributed by atoms with Crippen LogP contribution in [0, 0.1) is 23.2 Å². The van der Waals surface area contributed by atoms with Crippen LogP contribution in [0.25, 0.3) is 0 Å². The molecule has 16 heavy (non-hydrogen) atoms. The van der Waals surface area contributed by atoms with Gasteiger partial charge in [0.05, 0.1) is 11.6 Å². The molecule has 1 heteroatoms. The molecule has 0 aromatic heterocycles. The smallest absolute Gasteiger partial charge is 0.0994 e. The standard InChI is InChI=1S/C15H11N/c16-8-9-2-1-3-13-11-6-7-14(15(9)13)12-5-4-10(11)12/h1-7,10-12,14H. The Bertz CT molecular complexity index is 574. The quantitative estimate of drug-likeness (QED) is 0.597. The fourth-order valence-corrected chi connectivity index (χ4v) is 3.52. The van der Waals surface area contributed by atoms with Crippen molar-refractivity contribution < 1.29 is 0 Å². The lowest BCUT2D eigenvalue weighted by Crippen LogP contribution is -2.38. The van der Waals surface area contributed by atoms with Crippen LogP contribution in [0.2, 0.25) is 0 Å². The maximum Gasteiger partial charge on any atom is 0.0994 e. The molecule has 0 N–H and O–H groups in total. The minimum absolute atomic E-state index is 0.450. The molecule has 0 aliphatic heterocycles. The van der Waals surface area contributed by atoms with Gasteiger partial charge in [-0.1, -0.05) is 36.4 Å². The van der Waals surface area contributed by atoms with Crippen molar-refractivity contribution in [3.05, 3.63) is 59.2 Å². The summed E-state index contributed by atoms with van der Waals surface area (Å²) in [6.07, 6.45) is 9.27. The summed E-state index contributed by atoms with van der Waals surface area (Å²) in [6.45, 7) is 0. The summed E-state index contributed by atoms with van der Waals surface area (Å²) in [4.78, 5) is 0. The van der Waals surface area contributed by atoms with Gasteiger partial charge in [-0.2, -0.15) is 5.26 Å². The minimum Gasteiger partial charge on any atom is -0.192 e. The van der Waals surface area contributed by atoms with E-state index in [1.54, 1.807) is 0 Å². The van der Waals surface area contributed by atoms with Crippen LogP contribution in [0.3, 0.4) is 0 Å². The first-order valence-electron chi connectivity index (χ1n) is 5.79. The van der Waals surface area contributed by atoms with Crippen molar-refractivity contribution in [2.24, 2.45) is 11.8 Å². The Hall–Kier alpha value is -1.81. The third kappa shape index (κ3) is 0.782. The van der Waals surface area contributed by atoms with Gasteiger partial charge in [0.25, 0.3) is 0 Å². The highest BCUT2D eigenvalue weighted by atomic mass is 14.5. The number of hydrogen-bond donors (Lipinski definition) is 0. The van der Waals surface area contributed by atoms with E-state index in [0.717, 1.165) is 5.56 Å². The van der Waals surface area contributed by atoms with Gasteiger partial charge in [0.1, 0.15) is 0 Å². The highest BCUT2D eigenvalue weighted by Crippen LogP contribution is 2.57. The average Bonchev–Trinajstić information content (AvgIpc) is 2.28. The van der Waals surface area contributed by atoms with Gasteiger partial charge in [-0.25, -0.2) is 0 Å². The molecule has 4 atom stereocenters. The molecule has 5 rings (SSSR count). The molecule has 1 nitrogen and oxygen atoms in total. The Morgan fingerprint density at radius 1 is 0.938 bits per heavy atom. The van der Waals surface area contributed by atoms with Crippen LogP contribution in [0.5, 0.6) is 0 Å². The van der Waals surface area contributed by atoms with Gasteiger partial charge in [0, 0.05) is 11.8 Å². The van der Waals surface area contributed by atoms with Gasteiger partial charge in [-0.3, -0.25) is 0 Å². The van der Waals surface area contributed by atoms with Crippen molar-refractivity contribution in [2.75, 3.05) is 0 Å². The van der Waals surface area contributed by atoms with Crippen molar-refractivity contribution in [1.82, 2.24) is 0 Å². The molecule has 0 radical (unpaired) electrons. The summed E-state index contributed by atoms with van der Waals surface area (Å²) in [5, 5.41) is 9.20. The molecule has 76 valence electrons. The van der Waals surface area contributed by atoms with Gasteiger partial charge in [0.2, 0.25) is 0 Å². The van der Waals surface area contributed by atoms with E-state index in [-0.39, 0.29) is 0 Å². The molecule has 1 aromatic carbocycles. The SMILES string of the molecule is N#Cc1cccc2c1C1C=CC2C2C=CC12.